The fourth-order valence-corrected chi connectivity index (χ4v) is 6.94. The molecule has 2 aromatic heterocycles. The molecule has 39 heavy (non-hydrogen) atoms. The summed E-state index contributed by atoms with van der Waals surface area (Å²) in [6.07, 6.45) is 0. The van der Waals surface area contributed by atoms with Crippen molar-refractivity contribution in [2.24, 2.45) is 0 Å². The second-order valence-corrected chi connectivity index (χ2v) is 11.8. The second-order valence-electron chi connectivity index (χ2n) is 11.8. The molecule has 0 bridgehead atoms. The van der Waals surface area contributed by atoms with Crippen LogP contribution in [0.25, 0.3) is 54.7 Å². The van der Waals surface area contributed by atoms with Gasteiger partial charge in [-0.25, -0.2) is 9.36 Å². The van der Waals surface area contributed by atoms with Gasteiger partial charge in [-0.3, -0.25) is 0 Å². The number of hydrogen-bond donors (Lipinski definition) is 0. The monoisotopic (exact) mass is 510 g/mol. The Bertz CT molecular complexity index is 2100. The Labute approximate surface area is 222 Å². The van der Waals surface area contributed by atoms with E-state index < -0.39 is 11.9 Å². The molecule has 4 nitrogen and oxygen atoms in total. The van der Waals surface area contributed by atoms with Crippen LogP contribution >= 0.6 is 0 Å². The van der Waals surface area contributed by atoms with E-state index in [1.54, 1.807) is 9.36 Å². The molecule has 0 aliphatic carbocycles. The predicted molar refractivity (Wildman–Crippen MR) is 154 cm³/mol. The number of benzene rings is 5. The summed E-state index contributed by atoms with van der Waals surface area (Å²) in [6.45, 7) is 6.21. The summed E-state index contributed by atoms with van der Waals surface area (Å²) in [4.78, 5) is 0. The van der Waals surface area contributed by atoms with Crippen LogP contribution in [0.2, 0.25) is 0 Å². The predicted octanol–water partition coefficient (Wildman–Crippen LogP) is 5.39. The van der Waals surface area contributed by atoms with E-state index in [1.807, 2.05) is 48.5 Å². The Morgan fingerprint density at radius 1 is 0.667 bits per heavy atom. The largest absolute Gasteiger partial charge is 0.252 e. The summed E-state index contributed by atoms with van der Waals surface area (Å²) < 4.78 is 35.1. The lowest BCUT2D eigenvalue weighted by atomic mass is 9.34. The summed E-state index contributed by atoms with van der Waals surface area (Å²) in [5.41, 5.74) is 6.96. The summed E-state index contributed by atoms with van der Waals surface area (Å²) >= 11 is 0. The fourth-order valence-electron chi connectivity index (χ4n) is 6.94. The van der Waals surface area contributed by atoms with Crippen molar-refractivity contribution in [2.45, 2.75) is 26.2 Å². The van der Waals surface area contributed by atoms with Gasteiger partial charge >= 0.3 is 0 Å². The van der Waals surface area contributed by atoms with E-state index in [-0.39, 0.29) is 12.1 Å². The molecular weight excluding hydrogens is 489 g/mol. The minimum absolute atomic E-state index is 0.204. The quantitative estimate of drug-likeness (QED) is 0.257. The van der Waals surface area contributed by atoms with Crippen molar-refractivity contribution in [2.75, 3.05) is 0 Å². The molecule has 0 N–H and O–H groups in total. The Morgan fingerprint density at radius 2 is 1.13 bits per heavy atom. The third-order valence-corrected chi connectivity index (χ3v) is 8.68. The standard InChI is InChI=1S/C32H21BF2N4/c1-32(2,3)18-14-23-27-24(15-18)39-29-22(13-17-9-5-7-11-20(17)26(29)31(35)37-39)33(27)21-12-16-8-4-6-10-19(16)25-28(21)38(23)36-30(25)34/h4-15H,1-3H3. The van der Waals surface area contributed by atoms with Gasteiger partial charge in [-0.05, 0) is 61.0 Å². The van der Waals surface area contributed by atoms with Gasteiger partial charge in [0.15, 0.2) is 0 Å². The van der Waals surface area contributed by atoms with Crippen molar-refractivity contribution in [3.63, 3.8) is 0 Å². The molecule has 0 radical (unpaired) electrons. The molecular formula is C32H21BF2N4. The Balaban J connectivity index is 1.56. The summed E-state index contributed by atoms with van der Waals surface area (Å²) in [5, 5.41) is 13.6. The third kappa shape index (κ3) is 2.49. The number of hydrogen-bond acceptors (Lipinski definition) is 2. The Morgan fingerprint density at radius 3 is 1.59 bits per heavy atom. The minimum Gasteiger partial charge on any atom is -0.231 e. The molecule has 0 fully saturated rings. The van der Waals surface area contributed by atoms with Crippen molar-refractivity contribution < 1.29 is 8.78 Å². The van der Waals surface area contributed by atoms with Gasteiger partial charge in [-0.15, -0.1) is 10.2 Å². The molecule has 0 saturated heterocycles. The average molecular weight is 510 g/mol. The maximum Gasteiger partial charge on any atom is 0.252 e. The molecule has 0 amide bonds. The van der Waals surface area contributed by atoms with Crippen LogP contribution in [0, 0.1) is 11.9 Å². The van der Waals surface area contributed by atoms with E-state index in [1.165, 1.54) is 0 Å². The summed E-state index contributed by atoms with van der Waals surface area (Å²) in [6, 6.07) is 24.3. The van der Waals surface area contributed by atoms with Crippen molar-refractivity contribution >= 4 is 66.5 Å². The summed E-state index contributed by atoms with van der Waals surface area (Å²) in [5.74, 6) is -0.965. The molecule has 0 spiro atoms. The molecule has 0 atom stereocenters. The highest BCUT2D eigenvalue weighted by Crippen LogP contribution is 2.38. The Kier molecular flexibility index (Phi) is 3.69. The van der Waals surface area contributed by atoms with Crippen LogP contribution in [-0.2, 0) is 5.41 Å². The molecule has 0 saturated carbocycles. The van der Waals surface area contributed by atoms with E-state index in [2.05, 4.69) is 55.2 Å². The highest BCUT2D eigenvalue weighted by Gasteiger charge is 2.43. The highest BCUT2D eigenvalue weighted by atomic mass is 19.1. The molecule has 0 unspecified atom stereocenters. The maximum atomic E-state index is 15.8. The van der Waals surface area contributed by atoms with Crippen LogP contribution in [0.5, 0.6) is 0 Å². The molecule has 7 aromatic rings. The zero-order valence-electron chi connectivity index (χ0n) is 21.6. The first-order valence-corrected chi connectivity index (χ1v) is 13.2. The zero-order valence-corrected chi connectivity index (χ0v) is 21.6. The lowest BCUT2D eigenvalue weighted by Gasteiger charge is -2.34. The lowest BCUT2D eigenvalue weighted by molar-refractivity contribution is 0.570. The smallest absolute Gasteiger partial charge is 0.231 e. The third-order valence-electron chi connectivity index (χ3n) is 8.68. The van der Waals surface area contributed by atoms with Crippen LogP contribution in [0.3, 0.4) is 0 Å². The zero-order chi connectivity index (χ0) is 26.4. The van der Waals surface area contributed by atoms with Gasteiger partial charge in [0.05, 0.1) is 33.2 Å². The van der Waals surface area contributed by atoms with Gasteiger partial charge in [0.1, 0.15) is 0 Å². The minimum atomic E-state index is -0.482. The molecule has 4 heterocycles. The highest BCUT2D eigenvalue weighted by molar-refractivity contribution is 7.00. The lowest BCUT2D eigenvalue weighted by Crippen LogP contribution is -2.59. The number of nitrogens with zero attached hydrogens (tertiary/aromatic N) is 4. The molecule has 186 valence electrons. The first-order chi connectivity index (χ1) is 18.8. The number of fused-ring (bicyclic) bond motifs is 8. The van der Waals surface area contributed by atoms with Crippen LogP contribution in [0.1, 0.15) is 26.3 Å². The van der Waals surface area contributed by atoms with Crippen LogP contribution in [-0.4, -0.2) is 26.3 Å². The SMILES string of the molecule is CC(C)(C)c1cc2c3c(c1)-n1nc(F)c4c5ccccc5cc(c41)B3c1cc3ccccc3c3c(F)nn-2c13. The number of halogens is 2. The van der Waals surface area contributed by atoms with Gasteiger partial charge in [0.25, 0.3) is 6.71 Å². The molecule has 5 aromatic carbocycles. The van der Waals surface area contributed by atoms with Crippen LogP contribution < -0.4 is 16.4 Å². The maximum absolute atomic E-state index is 15.8. The van der Waals surface area contributed by atoms with Crippen molar-refractivity contribution in [3.8, 4) is 11.4 Å². The van der Waals surface area contributed by atoms with Gasteiger partial charge in [-0.1, -0.05) is 81.4 Å². The van der Waals surface area contributed by atoms with Crippen molar-refractivity contribution in [1.29, 1.82) is 0 Å². The molecule has 9 rings (SSSR count). The first-order valence-electron chi connectivity index (χ1n) is 13.2. The molecule has 2 aliphatic rings. The second kappa shape index (κ2) is 6.73. The van der Waals surface area contributed by atoms with Gasteiger partial charge < -0.3 is 0 Å². The number of rotatable bonds is 0. The van der Waals surface area contributed by atoms with Crippen molar-refractivity contribution in [1.82, 2.24) is 19.6 Å². The number of aromatic nitrogens is 4. The van der Waals surface area contributed by atoms with Crippen LogP contribution in [0.4, 0.5) is 8.78 Å². The van der Waals surface area contributed by atoms with E-state index >= 15 is 8.78 Å². The Hall–Kier alpha value is -4.52. The van der Waals surface area contributed by atoms with Crippen LogP contribution in [0.15, 0.2) is 72.8 Å². The van der Waals surface area contributed by atoms with E-state index in [9.17, 15) is 0 Å². The van der Waals surface area contributed by atoms with Gasteiger partial charge in [0.2, 0.25) is 11.9 Å². The fraction of sp³-hybridized carbons (Fsp3) is 0.125. The van der Waals surface area contributed by atoms with Crippen molar-refractivity contribution in [3.05, 3.63) is 90.3 Å². The van der Waals surface area contributed by atoms with E-state index in [0.717, 1.165) is 65.9 Å². The van der Waals surface area contributed by atoms with Gasteiger partial charge in [0, 0.05) is 0 Å². The summed E-state index contributed by atoms with van der Waals surface area (Å²) in [7, 11) is 0. The molecule has 2 aliphatic heterocycles. The average Bonchev–Trinajstić information content (AvgIpc) is 3.46. The normalized spacial score (nSPS) is 13.7. The first kappa shape index (κ1) is 21.4. The topological polar surface area (TPSA) is 35.6 Å². The molecule has 7 heteroatoms. The van der Waals surface area contributed by atoms with Gasteiger partial charge in [-0.2, -0.15) is 8.78 Å². The van der Waals surface area contributed by atoms with E-state index in [4.69, 9.17) is 0 Å². The van der Waals surface area contributed by atoms with E-state index in [0.29, 0.717) is 10.8 Å².